The summed E-state index contributed by atoms with van der Waals surface area (Å²) in [5.41, 5.74) is 0. The number of carbonyl (C=O) groups is 2. The SMILES string of the molecule is CCCCCCCCC(CCCCCCCC)COCC(C=O)OCCOCCN(CCOCCOCC(=O)OCC(CCCCCCCC)CCCCCCCC)CCN(CCO)C1CCC1. The molecule has 0 bridgehead atoms. The number of rotatable bonds is 56. The van der Waals surface area contributed by atoms with Crippen LogP contribution in [-0.4, -0.2) is 145 Å². The van der Waals surface area contributed by atoms with Gasteiger partial charge < -0.3 is 38.3 Å². The van der Waals surface area contributed by atoms with Crippen molar-refractivity contribution in [3.63, 3.8) is 0 Å². The van der Waals surface area contributed by atoms with E-state index in [1.165, 1.54) is 186 Å². The van der Waals surface area contributed by atoms with Crippen molar-refractivity contribution in [1.29, 1.82) is 0 Å². The number of aldehydes is 1. The Morgan fingerprint density at radius 3 is 1.43 bits per heavy atom. The molecule has 0 aliphatic heterocycles. The van der Waals surface area contributed by atoms with Gasteiger partial charge in [0, 0.05) is 45.4 Å². The van der Waals surface area contributed by atoms with E-state index in [-0.39, 0.29) is 19.2 Å². The average Bonchev–Trinajstić information content (AvgIpc) is 3.32. The highest BCUT2D eigenvalue weighted by Crippen LogP contribution is 2.25. The summed E-state index contributed by atoms with van der Waals surface area (Å²) in [6.45, 7) is 17.2. The number of carbonyl (C=O) groups excluding carboxylic acids is 2. The molecule has 11 nitrogen and oxygen atoms in total. The Morgan fingerprint density at radius 1 is 0.515 bits per heavy atom. The molecule has 1 fully saturated rings. The lowest BCUT2D eigenvalue weighted by atomic mass is 9.91. The molecule has 0 aromatic carbocycles. The molecule has 1 rings (SSSR count). The lowest BCUT2D eigenvalue weighted by molar-refractivity contribution is -0.151. The molecule has 0 saturated heterocycles. The molecule has 0 aromatic heterocycles. The second-order valence-electron chi connectivity index (χ2n) is 20.2. The van der Waals surface area contributed by atoms with E-state index in [9.17, 15) is 14.7 Å². The molecule has 0 radical (unpaired) electrons. The predicted octanol–water partition coefficient (Wildman–Crippen LogP) is 12.6. The molecule has 1 saturated carbocycles. The molecule has 404 valence electrons. The summed E-state index contributed by atoms with van der Waals surface area (Å²) >= 11 is 0. The Labute approximate surface area is 419 Å². The summed E-state index contributed by atoms with van der Waals surface area (Å²) in [5, 5.41) is 9.72. The summed E-state index contributed by atoms with van der Waals surface area (Å²) in [4.78, 5) is 29.3. The molecule has 0 amide bonds. The lowest BCUT2D eigenvalue weighted by Crippen LogP contribution is -2.46. The molecular weight excluding hydrogens is 857 g/mol. The molecule has 0 spiro atoms. The van der Waals surface area contributed by atoms with Crippen molar-refractivity contribution in [3.05, 3.63) is 0 Å². The minimum absolute atomic E-state index is 0.0428. The van der Waals surface area contributed by atoms with Crippen molar-refractivity contribution in [2.45, 2.75) is 239 Å². The van der Waals surface area contributed by atoms with Crippen LogP contribution in [0.1, 0.15) is 227 Å². The van der Waals surface area contributed by atoms with Crippen LogP contribution in [0.2, 0.25) is 0 Å². The largest absolute Gasteiger partial charge is 0.464 e. The number of esters is 1. The highest BCUT2D eigenvalue weighted by atomic mass is 16.6. The highest BCUT2D eigenvalue weighted by molar-refractivity contribution is 5.70. The van der Waals surface area contributed by atoms with Crippen LogP contribution in [0.25, 0.3) is 0 Å². The van der Waals surface area contributed by atoms with E-state index in [1.54, 1.807) is 0 Å². The van der Waals surface area contributed by atoms with Crippen molar-refractivity contribution in [2.75, 3.05) is 105 Å². The Balaban J connectivity index is 2.44. The van der Waals surface area contributed by atoms with Gasteiger partial charge in [0.25, 0.3) is 0 Å². The number of unbranched alkanes of at least 4 members (excludes halogenated alkanes) is 20. The predicted molar refractivity (Wildman–Crippen MR) is 282 cm³/mol. The van der Waals surface area contributed by atoms with Crippen LogP contribution in [0.3, 0.4) is 0 Å². The van der Waals surface area contributed by atoms with Crippen LogP contribution < -0.4 is 0 Å². The topological polar surface area (TPSA) is 116 Å². The first-order chi connectivity index (χ1) is 33.5. The maximum atomic E-state index is 12.6. The molecule has 1 N–H and O–H groups in total. The number of aliphatic hydroxyl groups excluding tert-OH is 1. The number of ether oxygens (including phenoxy) is 6. The standard InChI is InChI=1S/C57H112N2O9/c1-5-9-13-17-21-25-30-53(31-26-22-18-14-10-6-2)49-66-51-56(48-61)67-47-46-64-43-40-58(36-37-59(38-41-60)55-34-29-35-55)39-42-63-44-45-65-52-57(62)68-50-54(32-27-23-19-15-11-7-3)33-28-24-20-16-12-8-4/h48,53-56,60H,5-47,49-52H2,1-4H3. The maximum absolute atomic E-state index is 12.6. The van der Waals surface area contributed by atoms with Gasteiger partial charge in [-0.05, 0) is 50.4 Å². The van der Waals surface area contributed by atoms with Crippen molar-refractivity contribution in [3.8, 4) is 0 Å². The van der Waals surface area contributed by atoms with E-state index in [2.05, 4.69) is 37.5 Å². The van der Waals surface area contributed by atoms with Gasteiger partial charge in [-0.15, -0.1) is 0 Å². The fourth-order valence-corrected chi connectivity index (χ4v) is 9.29. The quantitative estimate of drug-likeness (QED) is 0.0357. The molecular formula is C57H112N2O9. The fourth-order valence-electron chi connectivity index (χ4n) is 9.29. The van der Waals surface area contributed by atoms with Gasteiger partial charge in [-0.1, -0.05) is 188 Å². The molecule has 1 atom stereocenters. The van der Waals surface area contributed by atoms with Gasteiger partial charge >= 0.3 is 5.97 Å². The molecule has 68 heavy (non-hydrogen) atoms. The van der Waals surface area contributed by atoms with Crippen molar-refractivity contribution < 1.29 is 43.1 Å². The Kier molecular flexibility index (Phi) is 48.4. The Hall–Kier alpha value is -1.18. The molecule has 11 heteroatoms. The minimum Gasteiger partial charge on any atom is -0.464 e. The molecule has 1 aliphatic carbocycles. The Morgan fingerprint density at radius 2 is 0.971 bits per heavy atom. The third-order valence-corrected chi connectivity index (χ3v) is 14.1. The van der Waals surface area contributed by atoms with Crippen LogP contribution >= 0.6 is 0 Å². The van der Waals surface area contributed by atoms with E-state index in [0.29, 0.717) is 83.9 Å². The molecule has 0 aromatic rings. The lowest BCUT2D eigenvalue weighted by Gasteiger charge is -2.38. The van der Waals surface area contributed by atoms with Gasteiger partial charge in [0.2, 0.25) is 0 Å². The number of hydrogen-bond donors (Lipinski definition) is 1. The van der Waals surface area contributed by atoms with E-state index in [0.717, 1.165) is 45.3 Å². The summed E-state index contributed by atoms with van der Waals surface area (Å²) in [6.07, 6.45) is 39.7. The third-order valence-electron chi connectivity index (χ3n) is 14.1. The monoisotopic (exact) mass is 969 g/mol. The first-order valence-corrected chi connectivity index (χ1v) is 29.1. The normalized spacial score (nSPS) is 13.7. The van der Waals surface area contributed by atoms with Gasteiger partial charge in [-0.3, -0.25) is 9.80 Å². The van der Waals surface area contributed by atoms with Crippen LogP contribution in [0.15, 0.2) is 0 Å². The van der Waals surface area contributed by atoms with E-state index >= 15 is 0 Å². The number of aliphatic hydroxyl groups is 1. The first kappa shape index (κ1) is 64.8. The maximum Gasteiger partial charge on any atom is 0.332 e. The summed E-state index contributed by atoms with van der Waals surface area (Å²) in [5.74, 6) is 0.701. The highest BCUT2D eigenvalue weighted by Gasteiger charge is 2.25. The van der Waals surface area contributed by atoms with Crippen LogP contribution in [0.4, 0.5) is 0 Å². The molecule has 1 unspecified atom stereocenters. The first-order valence-electron chi connectivity index (χ1n) is 29.1. The zero-order valence-electron chi connectivity index (χ0n) is 45.2. The van der Waals surface area contributed by atoms with Gasteiger partial charge in [0.1, 0.15) is 12.7 Å². The minimum atomic E-state index is -0.582. The van der Waals surface area contributed by atoms with Crippen molar-refractivity contribution in [1.82, 2.24) is 9.80 Å². The summed E-state index contributed by atoms with van der Waals surface area (Å²) in [7, 11) is 0. The second kappa shape index (κ2) is 50.7. The molecule has 1 aliphatic rings. The van der Waals surface area contributed by atoms with E-state index in [4.69, 9.17) is 28.4 Å². The smallest absolute Gasteiger partial charge is 0.332 e. The van der Waals surface area contributed by atoms with Crippen LogP contribution in [-0.2, 0) is 38.0 Å². The van der Waals surface area contributed by atoms with Gasteiger partial charge in [-0.2, -0.15) is 0 Å². The number of nitrogens with zero attached hydrogens (tertiary/aromatic N) is 2. The van der Waals surface area contributed by atoms with Crippen LogP contribution in [0.5, 0.6) is 0 Å². The number of hydrogen-bond acceptors (Lipinski definition) is 11. The van der Waals surface area contributed by atoms with E-state index in [1.807, 2.05) is 0 Å². The Bertz CT molecular complexity index is 1020. The van der Waals surface area contributed by atoms with Crippen molar-refractivity contribution in [2.24, 2.45) is 11.8 Å². The molecule has 0 heterocycles. The fraction of sp³-hybridized carbons (Fsp3) is 0.965. The zero-order valence-corrected chi connectivity index (χ0v) is 45.2. The third kappa shape index (κ3) is 40.4. The summed E-state index contributed by atoms with van der Waals surface area (Å²) < 4.78 is 35.4. The van der Waals surface area contributed by atoms with Crippen LogP contribution in [0, 0.1) is 11.8 Å². The van der Waals surface area contributed by atoms with Gasteiger partial charge in [-0.25, -0.2) is 4.79 Å². The van der Waals surface area contributed by atoms with Crippen molar-refractivity contribution >= 4 is 12.3 Å². The zero-order chi connectivity index (χ0) is 49.2. The second-order valence-corrected chi connectivity index (χ2v) is 20.2. The average molecular weight is 970 g/mol. The van der Waals surface area contributed by atoms with Gasteiger partial charge in [0.05, 0.1) is 59.5 Å². The van der Waals surface area contributed by atoms with E-state index < -0.39 is 6.10 Å². The summed E-state index contributed by atoms with van der Waals surface area (Å²) in [6, 6.07) is 0.560. The van der Waals surface area contributed by atoms with Gasteiger partial charge in [0.15, 0.2) is 6.29 Å².